The largest absolute Gasteiger partial charge is 0.469 e. The number of hydrogen-bond acceptors (Lipinski definition) is 5. The predicted octanol–water partition coefficient (Wildman–Crippen LogP) is 0.740. The van der Waals surface area contributed by atoms with E-state index in [9.17, 15) is 13.2 Å². The Hall–Kier alpha value is -1.40. The second-order valence-corrected chi connectivity index (χ2v) is 7.44. The number of rotatable bonds is 3. The molecule has 1 aliphatic heterocycles. The fraction of sp³-hybridized carbons (Fsp3) is 0.500. The van der Waals surface area contributed by atoms with E-state index >= 15 is 0 Å². The zero-order chi connectivity index (χ0) is 15.0. The Morgan fingerprint density at radius 2 is 1.95 bits per heavy atom. The lowest BCUT2D eigenvalue weighted by Crippen LogP contribution is -2.37. The monoisotopic (exact) mass is 297 g/mol. The van der Waals surface area contributed by atoms with Crippen molar-refractivity contribution < 1.29 is 17.9 Å². The fourth-order valence-electron chi connectivity index (χ4n) is 2.70. The van der Waals surface area contributed by atoms with Crippen LogP contribution < -0.4 is 5.32 Å². The van der Waals surface area contributed by atoms with Crippen LogP contribution in [0.15, 0.2) is 29.2 Å². The van der Waals surface area contributed by atoms with E-state index in [0.29, 0.717) is 13.1 Å². The van der Waals surface area contributed by atoms with Gasteiger partial charge in [0.05, 0.1) is 17.9 Å². The van der Waals surface area contributed by atoms with Crippen LogP contribution in [0, 0.1) is 5.92 Å². The first kappa shape index (κ1) is 15.0. The van der Waals surface area contributed by atoms with Crippen molar-refractivity contribution in [2.45, 2.75) is 17.2 Å². The van der Waals surface area contributed by atoms with Gasteiger partial charge in [0.15, 0.2) is 9.84 Å². The summed E-state index contributed by atoms with van der Waals surface area (Å²) in [6.07, 6.45) is 1.18. The minimum absolute atomic E-state index is 0.246. The van der Waals surface area contributed by atoms with Crippen molar-refractivity contribution in [3.63, 3.8) is 0 Å². The van der Waals surface area contributed by atoms with E-state index in [1.54, 1.807) is 24.3 Å². The number of carbonyl (C=O) groups is 1. The summed E-state index contributed by atoms with van der Waals surface area (Å²) in [5.74, 6) is -0.513. The van der Waals surface area contributed by atoms with Gasteiger partial charge in [-0.2, -0.15) is 0 Å². The van der Waals surface area contributed by atoms with E-state index in [1.807, 2.05) is 6.92 Å². The predicted molar refractivity (Wildman–Crippen MR) is 75.3 cm³/mol. The molecular weight excluding hydrogens is 278 g/mol. The highest BCUT2D eigenvalue weighted by Gasteiger charge is 2.45. The molecule has 5 nitrogen and oxygen atoms in total. The van der Waals surface area contributed by atoms with Gasteiger partial charge in [0.2, 0.25) is 0 Å². The third-order valence-electron chi connectivity index (χ3n) is 4.04. The highest BCUT2D eigenvalue weighted by Crippen LogP contribution is 2.36. The van der Waals surface area contributed by atoms with Gasteiger partial charge in [0, 0.05) is 24.8 Å². The lowest BCUT2D eigenvalue weighted by Gasteiger charge is -2.29. The molecule has 2 rings (SSSR count). The molecule has 0 aliphatic carbocycles. The van der Waals surface area contributed by atoms with Crippen LogP contribution in [0.2, 0.25) is 0 Å². The van der Waals surface area contributed by atoms with Crippen LogP contribution in [-0.4, -0.2) is 40.8 Å². The van der Waals surface area contributed by atoms with Crippen LogP contribution in [0.4, 0.5) is 0 Å². The van der Waals surface area contributed by atoms with Gasteiger partial charge in [0.1, 0.15) is 0 Å². The van der Waals surface area contributed by atoms with Crippen molar-refractivity contribution in [2.24, 2.45) is 5.92 Å². The summed E-state index contributed by atoms with van der Waals surface area (Å²) in [6, 6.07) is 6.73. The molecule has 110 valence electrons. The Bertz CT molecular complexity index is 609. The third kappa shape index (κ3) is 2.58. The van der Waals surface area contributed by atoms with E-state index in [0.717, 1.165) is 5.56 Å². The van der Waals surface area contributed by atoms with E-state index in [1.165, 1.54) is 13.4 Å². The number of esters is 1. The van der Waals surface area contributed by atoms with Crippen molar-refractivity contribution in [1.82, 2.24) is 5.32 Å². The molecule has 6 heteroatoms. The molecule has 0 saturated carbocycles. The fourth-order valence-corrected chi connectivity index (χ4v) is 3.33. The minimum atomic E-state index is -3.20. The lowest BCUT2D eigenvalue weighted by atomic mass is 9.74. The molecule has 1 saturated heterocycles. The topological polar surface area (TPSA) is 72.5 Å². The first-order valence-corrected chi connectivity index (χ1v) is 8.27. The lowest BCUT2D eigenvalue weighted by molar-refractivity contribution is -0.146. The molecule has 1 fully saturated rings. The number of benzene rings is 1. The molecule has 1 aromatic carbocycles. The Morgan fingerprint density at radius 3 is 2.45 bits per heavy atom. The molecule has 1 heterocycles. The summed E-state index contributed by atoms with van der Waals surface area (Å²) in [4.78, 5) is 12.2. The number of ether oxygens (including phenoxy) is 1. The van der Waals surface area contributed by atoms with Crippen LogP contribution in [0.1, 0.15) is 12.5 Å². The maximum Gasteiger partial charge on any atom is 0.310 e. The first-order valence-electron chi connectivity index (χ1n) is 6.38. The second-order valence-electron chi connectivity index (χ2n) is 5.42. The molecule has 20 heavy (non-hydrogen) atoms. The Kier molecular flexibility index (Phi) is 3.88. The standard InChI is InChI=1S/C14H19NO4S/c1-14(9-15-8-12(14)13(16)19-2)10-4-6-11(7-5-10)20(3,17)18/h4-7,12,15H,8-9H2,1-3H3. The molecule has 2 unspecified atom stereocenters. The number of carbonyl (C=O) groups excluding carboxylic acids is 1. The van der Waals surface area contributed by atoms with Crippen LogP contribution in [-0.2, 0) is 24.8 Å². The van der Waals surface area contributed by atoms with E-state index < -0.39 is 9.84 Å². The van der Waals surface area contributed by atoms with Crippen LogP contribution in [0.5, 0.6) is 0 Å². The van der Waals surface area contributed by atoms with Crippen molar-refractivity contribution >= 4 is 15.8 Å². The van der Waals surface area contributed by atoms with Crippen LogP contribution in [0.25, 0.3) is 0 Å². The Balaban J connectivity index is 2.37. The summed E-state index contributed by atoms with van der Waals surface area (Å²) in [7, 11) is -1.82. The van der Waals surface area contributed by atoms with Gasteiger partial charge in [-0.1, -0.05) is 19.1 Å². The molecule has 1 N–H and O–H groups in total. The maximum atomic E-state index is 11.9. The number of methoxy groups -OCH3 is 1. The quantitative estimate of drug-likeness (QED) is 0.833. The number of nitrogens with one attached hydrogen (secondary N) is 1. The normalized spacial score (nSPS) is 26.4. The van der Waals surface area contributed by atoms with E-state index in [-0.39, 0.29) is 22.2 Å². The third-order valence-corrected chi connectivity index (χ3v) is 5.17. The van der Waals surface area contributed by atoms with Gasteiger partial charge in [0.25, 0.3) is 0 Å². The molecule has 0 radical (unpaired) electrons. The Labute approximate surface area is 119 Å². The smallest absolute Gasteiger partial charge is 0.310 e. The van der Waals surface area contributed by atoms with Crippen molar-refractivity contribution in [3.05, 3.63) is 29.8 Å². The summed E-state index contributed by atoms with van der Waals surface area (Å²) >= 11 is 0. The second kappa shape index (κ2) is 5.18. The zero-order valence-corrected chi connectivity index (χ0v) is 12.7. The summed E-state index contributed by atoms with van der Waals surface area (Å²) in [5, 5.41) is 3.20. The van der Waals surface area contributed by atoms with Gasteiger partial charge in [-0.25, -0.2) is 8.42 Å². The molecule has 1 aromatic rings. The minimum Gasteiger partial charge on any atom is -0.469 e. The maximum absolute atomic E-state index is 11.9. The van der Waals surface area contributed by atoms with E-state index in [4.69, 9.17) is 4.74 Å². The van der Waals surface area contributed by atoms with Crippen LogP contribution in [0.3, 0.4) is 0 Å². The van der Waals surface area contributed by atoms with Gasteiger partial charge >= 0.3 is 5.97 Å². The number of hydrogen-bond donors (Lipinski definition) is 1. The SMILES string of the molecule is COC(=O)C1CNCC1(C)c1ccc(S(C)(=O)=O)cc1. The van der Waals surface area contributed by atoms with Crippen molar-refractivity contribution in [2.75, 3.05) is 26.5 Å². The summed E-state index contributed by atoms with van der Waals surface area (Å²) in [6.45, 7) is 3.21. The van der Waals surface area contributed by atoms with Gasteiger partial charge in [-0.05, 0) is 17.7 Å². The average molecular weight is 297 g/mol. The Morgan fingerprint density at radius 1 is 1.35 bits per heavy atom. The summed E-state index contributed by atoms with van der Waals surface area (Å²) in [5.41, 5.74) is 0.550. The number of sulfone groups is 1. The molecule has 0 aromatic heterocycles. The highest BCUT2D eigenvalue weighted by molar-refractivity contribution is 7.90. The van der Waals surface area contributed by atoms with Crippen molar-refractivity contribution in [1.29, 1.82) is 0 Å². The molecular formula is C14H19NO4S. The molecule has 2 atom stereocenters. The average Bonchev–Trinajstić information content (AvgIpc) is 2.80. The zero-order valence-electron chi connectivity index (χ0n) is 11.8. The van der Waals surface area contributed by atoms with Crippen LogP contribution >= 0.6 is 0 Å². The molecule has 0 amide bonds. The van der Waals surface area contributed by atoms with Gasteiger partial charge in [-0.15, -0.1) is 0 Å². The molecule has 0 bridgehead atoms. The van der Waals surface area contributed by atoms with Gasteiger partial charge < -0.3 is 10.1 Å². The van der Waals surface area contributed by atoms with E-state index in [2.05, 4.69) is 5.32 Å². The summed E-state index contributed by atoms with van der Waals surface area (Å²) < 4.78 is 27.8. The van der Waals surface area contributed by atoms with Crippen molar-refractivity contribution in [3.8, 4) is 0 Å². The molecule has 0 spiro atoms. The highest BCUT2D eigenvalue weighted by atomic mass is 32.2. The first-order chi connectivity index (χ1) is 9.29. The van der Waals surface area contributed by atoms with Gasteiger partial charge in [-0.3, -0.25) is 4.79 Å². The molecule has 1 aliphatic rings.